The fraction of sp³-hybridized carbons (Fsp3) is 0.571. The molecule has 7 heteroatoms. The molecule has 0 aromatic heterocycles. The molecule has 0 aliphatic carbocycles. The molecule has 21 heavy (non-hydrogen) atoms. The van der Waals surface area contributed by atoms with Crippen LogP contribution in [0.3, 0.4) is 0 Å². The van der Waals surface area contributed by atoms with Crippen LogP contribution in [0.5, 0.6) is 0 Å². The number of piperidine rings is 1. The lowest BCUT2D eigenvalue weighted by molar-refractivity contribution is -0.387. The number of benzene rings is 1. The second-order valence-electron chi connectivity index (χ2n) is 5.85. The van der Waals surface area contributed by atoms with Crippen molar-refractivity contribution >= 4 is 21.2 Å². The van der Waals surface area contributed by atoms with Crippen molar-refractivity contribution in [1.82, 2.24) is 0 Å². The van der Waals surface area contributed by atoms with Crippen molar-refractivity contribution in [3.63, 3.8) is 0 Å². The summed E-state index contributed by atoms with van der Waals surface area (Å²) >= 11 is 0. The Kier molecular flexibility index (Phi) is 4.22. The van der Waals surface area contributed by atoms with Crippen LogP contribution in [0.15, 0.2) is 23.1 Å². The molecule has 1 aromatic carbocycles. The number of nitro groups is 1. The number of nitrogens with zero attached hydrogens (tertiary/aromatic N) is 2. The predicted molar refractivity (Wildman–Crippen MR) is 81.4 cm³/mol. The average molecular weight is 312 g/mol. The zero-order chi connectivity index (χ0) is 15.8. The summed E-state index contributed by atoms with van der Waals surface area (Å²) < 4.78 is 23.3. The molecule has 0 unspecified atom stereocenters. The lowest BCUT2D eigenvalue weighted by Gasteiger charge is -2.38. The van der Waals surface area contributed by atoms with Gasteiger partial charge in [0.25, 0.3) is 5.69 Å². The van der Waals surface area contributed by atoms with Gasteiger partial charge in [0.1, 0.15) is 4.90 Å². The molecular weight excluding hydrogens is 292 g/mol. The van der Waals surface area contributed by atoms with Crippen LogP contribution in [0, 0.1) is 16.0 Å². The fourth-order valence-corrected chi connectivity index (χ4v) is 3.76. The summed E-state index contributed by atoms with van der Waals surface area (Å²) in [6.07, 6.45) is 3.05. The molecule has 0 amide bonds. The standard InChI is InChI=1S/C14H20N2O4S/c1-10-6-7-15(11(2)8-10)12-4-5-14(21(3,19)20)13(9-12)16(17)18/h4-5,9-11H,6-8H2,1-3H3/t10-,11+/m0/s1. The summed E-state index contributed by atoms with van der Waals surface area (Å²) in [4.78, 5) is 12.4. The zero-order valence-electron chi connectivity index (χ0n) is 12.4. The average Bonchev–Trinajstić information content (AvgIpc) is 2.37. The number of hydrogen-bond acceptors (Lipinski definition) is 5. The molecule has 2 rings (SSSR count). The Bertz CT molecular complexity index is 657. The van der Waals surface area contributed by atoms with Crippen LogP contribution in [-0.2, 0) is 9.84 Å². The quantitative estimate of drug-likeness (QED) is 0.633. The number of hydrogen-bond donors (Lipinski definition) is 0. The highest BCUT2D eigenvalue weighted by atomic mass is 32.2. The molecule has 0 saturated carbocycles. The fourth-order valence-electron chi connectivity index (χ4n) is 2.93. The first kappa shape index (κ1) is 15.8. The smallest absolute Gasteiger partial charge is 0.290 e. The van der Waals surface area contributed by atoms with E-state index >= 15 is 0 Å². The lowest BCUT2D eigenvalue weighted by atomic mass is 9.93. The monoisotopic (exact) mass is 312 g/mol. The maximum atomic E-state index is 11.6. The van der Waals surface area contributed by atoms with Gasteiger partial charge >= 0.3 is 0 Å². The minimum atomic E-state index is -3.61. The van der Waals surface area contributed by atoms with Gasteiger partial charge in [0.15, 0.2) is 9.84 Å². The Labute approximate surface area is 124 Å². The largest absolute Gasteiger partial charge is 0.369 e. The molecule has 116 valence electrons. The van der Waals surface area contributed by atoms with Gasteiger partial charge in [-0.05, 0) is 37.8 Å². The van der Waals surface area contributed by atoms with E-state index in [4.69, 9.17) is 0 Å². The summed E-state index contributed by atoms with van der Waals surface area (Å²) in [5, 5.41) is 11.2. The van der Waals surface area contributed by atoms with E-state index in [1.807, 2.05) is 0 Å². The summed E-state index contributed by atoms with van der Waals surface area (Å²) in [6, 6.07) is 4.67. The van der Waals surface area contributed by atoms with Crippen LogP contribution in [0.2, 0.25) is 0 Å². The first-order chi connectivity index (χ1) is 9.70. The van der Waals surface area contributed by atoms with Gasteiger partial charge in [-0.25, -0.2) is 8.42 Å². The highest BCUT2D eigenvalue weighted by Crippen LogP contribution is 2.33. The second kappa shape index (κ2) is 5.63. The summed E-state index contributed by atoms with van der Waals surface area (Å²) in [5.41, 5.74) is 0.370. The predicted octanol–water partition coefficient (Wildman–Crippen LogP) is 2.62. The van der Waals surface area contributed by atoms with Crippen molar-refractivity contribution in [2.45, 2.75) is 37.6 Å². The van der Waals surface area contributed by atoms with Crippen molar-refractivity contribution in [3.8, 4) is 0 Å². The van der Waals surface area contributed by atoms with Crippen molar-refractivity contribution in [1.29, 1.82) is 0 Å². The molecule has 1 saturated heterocycles. The molecule has 1 fully saturated rings. The van der Waals surface area contributed by atoms with Crippen LogP contribution in [-0.4, -0.2) is 32.2 Å². The van der Waals surface area contributed by atoms with Crippen LogP contribution in [0.4, 0.5) is 11.4 Å². The number of rotatable bonds is 3. The molecule has 0 bridgehead atoms. The SMILES string of the molecule is C[C@H]1CCN(c2ccc(S(C)(=O)=O)c([N+](=O)[O-])c2)[C@H](C)C1. The minimum absolute atomic E-state index is 0.228. The number of nitro benzene ring substituents is 1. The highest BCUT2D eigenvalue weighted by Gasteiger charge is 2.27. The molecule has 1 heterocycles. The zero-order valence-corrected chi connectivity index (χ0v) is 13.3. The van der Waals surface area contributed by atoms with Gasteiger partial charge in [-0.2, -0.15) is 0 Å². The van der Waals surface area contributed by atoms with Crippen LogP contribution >= 0.6 is 0 Å². The second-order valence-corrected chi connectivity index (χ2v) is 7.84. The Morgan fingerprint density at radius 2 is 2.00 bits per heavy atom. The van der Waals surface area contributed by atoms with Crippen LogP contribution in [0.25, 0.3) is 0 Å². The van der Waals surface area contributed by atoms with E-state index in [2.05, 4.69) is 18.7 Å². The Hall–Kier alpha value is -1.63. The lowest BCUT2D eigenvalue weighted by Crippen LogP contribution is -2.40. The molecular formula is C14H20N2O4S. The maximum Gasteiger partial charge on any atom is 0.290 e. The van der Waals surface area contributed by atoms with Crippen LogP contribution < -0.4 is 4.90 Å². The third-order valence-corrected chi connectivity index (χ3v) is 5.15. The van der Waals surface area contributed by atoms with E-state index in [1.165, 1.54) is 12.1 Å². The number of anilines is 1. The first-order valence-corrected chi connectivity index (χ1v) is 8.84. The third kappa shape index (κ3) is 3.34. The summed E-state index contributed by atoms with van der Waals surface area (Å²) in [6.45, 7) is 5.12. The molecule has 0 radical (unpaired) electrons. The van der Waals surface area contributed by atoms with Gasteiger partial charge in [-0.1, -0.05) is 6.92 Å². The van der Waals surface area contributed by atoms with Crippen molar-refractivity contribution < 1.29 is 13.3 Å². The Balaban J connectivity index is 2.43. The third-order valence-electron chi connectivity index (χ3n) is 4.01. The molecule has 1 aromatic rings. The van der Waals surface area contributed by atoms with E-state index in [1.54, 1.807) is 6.07 Å². The van der Waals surface area contributed by atoms with E-state index in [0.29, 0.717) is 11.6 Å². The van der Waals surface area contributed by atoms with E-state index in [-0.39, 0.29) is 16.6 Å². The summed E-state index contributed by atoms with van der Waals surface area (Å²) in [7, 11) is -3.61. The van der Waals surface area contributed by atoms with Gasteiger partial charge < -0.3 is 4.90 Å². The topological polar surface area (TPSA) is 80.5 Å². The van der Waals surface area contributed by atoms with E-state index in [0.717, 1.165) is 25.6 Å². The maximum absolute atomic E-state index is 11.6. The van der Waals surface area contributed by atoms with E-state index < -0.39 is 14.8 Å². The van der Waals surface area contributed by atoms with E-state index in [9.17, 15) is 18.5 Å². The Morgan fingerprint density at radius 1 is 1.33 bits per heavy atom. The first-order valence-electron chi connectivity index (χ1n) is 6.95. The molecule has 6 nitrogen and oxygen atoms in total. The van der Waals surface area contributed by atoms with Gasteiger partial charge in [-0.15, -0.1) is 0 Å². The summed E-state index contributed by atoms with van der Waals surface area (Å²) in [5.74, 6) is 0.640. The van der Waals surface area contributed by atoms with Crippen molar-refractivity contribution in [2.24, 2.45) is 5.92 Å². The van der Waals surface area contributed by atoms with Crippen molar-refractivity contribution in [3.05, 3.63) is 28.3 Å². The van der Waals surface area contributed by atoms with Gasteiger partial charge in [0, 0.05) is 30.6 Å². The molecule has 1 aliphatic rings. The Morgan fingerprint density at radius 3 is 2.52 bits per heavy atom. The van der Waals surface area contributed by atoms with Crippen LogP contribution in [0.1, 0.15) is 26.7 Å². The highest BCUT2D eigenvalue weighted by molar-refractivity contribution is 7.90. The number of sulfone groups is 1. The molecule has 1 aliphatic heterocycles. The van der Waals surface area contributed by atoms with Gasteiger partial charge in [-0.3, -0.25) is 10.1 Å². The molecule has 0 N–H and O–H groups in total. The normalized spacial score (nSPS) is 23.1. The van der Waals surface area contributed by atoms with Gasteiger partial charge in [0.05, 0.1) is 4.92 Å². The molecule has 0 spiro atoms. The minimum Gasteiger partial charge on any atom is -0.369 e. The van der Waals surface area contributed by atoms with Gasteiger partial charge in [0.2, 0.25) is 0 Å². The molecule has 2 atom stereocenters. The van der Waals surface area contributed by atoms with Crippen molar-refractivity contribution in [2.75, 3.05) is 17.7 Å².